The molecule has 0 aliphatic carbocycles. The third-order valence-corrected chi connectivity index (χ3v) is 3.08. The zero-order valence-corrected chi connectivity index (χ0v) is 12.2. The predicted octanol–water partition coefficient (Wildman–Crippen LogP) is 3.27. The highest BCUT2D eigenvalue weighted by atomic mass is 16.5. The Morgan fingerprint density at radius 3 is 2.55 bits per heavy atom. The van der Waals surface area contributed by atoms with Gasteiger partial charge < -0.3 is 10.1 Å². The molecule has 0 aliphatic rings. The second kappa shape index (κ2) is 5.74. The molecular weight excluding hydrogens is 252 g/mol. The largest absolute Gasteiger partial charge is 0.493 e. The topological polar surface area (TPSA) is 51.2 Å². The van der Waals surface area contributed by atoms with Crippen LogP contribution in [0.5, 0.6) is 5.75 Å². The summed E-state index contributed by atoms with van der Waals surface area (Å²) < 4.78 is 5.21. The van der Waals surface area contributed by atoms with E-state index in [1.54, 1.807) is 13.2 Å². The number of rotatable bonds is 3. The van der Waals surface area contributed by atoms with E-state index in [1.807, 2.05) is 45.0 Å². The molecule has 104 valence electrons. The molecule has 1 N–H and O–H groups in total. The monoisotopic (exact) mass is 270 g/mol. The molecule has 0 radical (unpaired) electrons. The van der Waals surface area contributed by atoms with Crippen LogP contribution in [0.15, 0.2) is 30.3 Å². The standard InChI is InChI=1S/C16H18N2O2/c1-10-5-7-13(11(2)9-10)16(19)18-15-14(20-4)8-6-12(3)17-15/h5-9H,1-4H3,(H,17,18,19). The van der Waals surface area contributed by atoms with Gasteiger partial charge in [0.2, 0.25) is 0 Å². The molecule has 1 aromatic heterocycles. The molecule has 0 spiro atoms. The summed E-state index contributed by atoms with van der Waals surface area (Å²) in [5, 5.41) is 2.80. The predicted molar refractivity (Wildman–Crippen MR) is 79.4 cm³/mol. The summed E-state index contributed by atoms with van der Waals surface area (Å²) in [6, 6.07) is 9.35. The first-order valence-electron chi connectivity index (χ1n) is 6.41. The van der Waals surface area contributed by atoms with Gasteiger partial charge in [-0.25, -0.2) is 4.98 Å². The Labute approximate surface area is 118 Å². The van der Waals surface area contributed by atoms with Gasteiger partial charge in [0.1, 0.15) is 0 Å². The molecule has 0 saturated carbocycles. The Balaban J connectivity index is 2.30. The summed E-state index contributed by atoms with van der Waals surface area (Å²) in [6.07, 6.45) is 0. The van der Waals surface area contributed by atoms with Crippen molar-refractivity contribution < 1.29 is 9.53 Å². The lowest BCUT2D eigenvalue weighted by Gasteiger charge is -2.11. The molecule has 1 amide bonds. The first kappa shape index (κ1) is 14.1. The summed E-state index contributed by atoms with van der Waals surface area (Å²) >= 11 is 0. The first-order chi connectivity index (χ1) is 9.51. The summed E-state index contributed by atoms with van der Waals surface area (Å²) in [5.74, 6) is 0.810. The molecule has 0 bridgehead atoms. The van der Waals surface area contributed by atoms with E-state index in [0.717, 1.165) is 16.8 Å². The van der Waals surface area contributed by atoms with Gasteiger partial charge in [0.15, 0.2) is 11.6 Å². The van der Waals surface area contributed by atoms with Gasteiger partial charge in [0.05, 0.1) is 7.11 Å². The maximum atomic E-state index is 12.3. The lowest BCUT2D eigenvalue weighted by atomic mass is 10.1. The Kier molecular flexibility index (Phi) is 4.03. The number of hydrogen-bond donors (Lipinski definition) is 1. The summed E-state index contributed by atoms with van der Waals surface area (Å²) in [7, 11) is 1.55. The third kappa shape index (κ3) is 2.96. The van der Waals surface area contributed by atoms with Crippen LogP contribution < -0.4 is 10.1 Å². The molecule has 2 rings (SSSR count). The zero-order chi connectivity index (χ0) is 14.7. The van der Waals surface area contributed by atoms with Crippen molar-refractivity contribution in [2.24, 2.45) is 0 Å². The number of aromatic nitrogens is 1. The molecule has 1 heterocycles. The number of carbonyl (C=O) groups is 1. The highest BCUT2D eigenvalue weighted by Gasteiger charge is 2.13. The van der Waals surface area contributed by atoms with E-state index >= 15 is 0 Å². The average molecular weight is 270 g/mol. The van der Waals surface area contributed by atoms with Gasteiger partial charge in [-0.3, -0.25) is 4.79 Å². The van der Waals surface area contributed by atoms with Crippen LogP contribution in [0.25, 0.3) is 0 Å². The first-order valence-corrected chi connectivity index (χ1v) is 6.41. The minimum atomic E-state index is -0.182. The van der Waals surface area contributed by atoms with Crippen LogP contribution in [0.3, 0.4) is 0 Å². The lowest BCUT2D eigenvalue weighted by Crippen LogP contribution is -2.15. The van der Waals surface area contributed by atoms with Gasteiger partial charge in [-0.15, -0.1) is 0 Å². The second-order valence-electron chi connectivity index (χ2n) is 4.78. The Hall–Kier alpha value is -2.36. The molecule has 0 unspecified atom stereocenters. The number of pyridine rings is 1. The molecule has 4 nitrogen and oxygen atoms in total. The number of nitrogens with zero attached hydrogens (tertiary/aromatic N) is 1. The van der Waals surface area contributed by atoms with Crippen molar-refractivity contribution in [3.05, 3.63) is 52.7 Å². The Morgan fingerprint density at radius 1 is 1.15 bits per heavy atom. The fraction of sp³-hybridized carbons (Fsp3) is 0.250. The molecule has 4 heteroatoms. The zero-order valence-electron chi connectivity index (χ0n) is 12.2. The van der Waals surface area contributed by atoms with Crippen LogP contribution in [0.2, 0.25) is 0 Å². The van der Waals surface area contributed by atoms with E-state index in [1.165, 1.54) is 0 Å². The van der Waals surface area contributed by atoms with Gasteiger partial charge >= 0.3 is 0 Å². The summed E-state index contributed by atoms with van der Waals surface area (Å²) in [4.78, 5) is 16.6. The Morgan fingerprint density at radius 2 is 1.90 bits per heavy atom. The second-order valence-corrected chi connectivity index (χ2v) is 4.78. The number of hydrogen-bond acceptors (Lipinski definition) is 3. The minimum absolute atomic E-state index is 0.182. The number of carbonyl (C=O) groups excluding carboxylic acids is 1. The summed E-state index contributed by atoms with van der Waals surface area (Å²) in [6.45, 7) is 5.79. The normalized spacial score (nSPS) is 10.2. The highest BCUT2D eigenvalue weighted by molar-refractivity contribution is 6.05. The lowest BCUT2D eigenvalue weighted by molar-refractivity contribution is 0.102. The van der Waals surface area contributed by atoms with Crippen molar-refractivity contribution >= 4 is 11.7 Å². The molecule has 0 saturated heterocycles. The van der Waals surface area contributed by atoms with Gasteiger partial charge in [-0.2, -0.15) is 0 Å². The summed E-state index contributed by atoms with van der Waals surface area (Å²) in [5.41, 5.74) is 3.53. The minimum Gasteiger partial charge on any atom is -0.493 e. The van der Waals surface area contributed by atoms with E-state index in [4.69, 9.17) is 4.74 Å². The SMILES string of the molecule is COc1ccc(C)nc1NC(=O)c1ccc(C)cc1C. The van der Waals surface area contributed by atoms with Gasteiger partial charge in [-0.1, -0.05) is 17.7 Å². The molecule has 20 heavy (non-hydrogen) atoms. The van der Waals surface area contributed by atoms with Crippen molar-refractivity contribution in [3.8, 4) is 5.75 Å². The fourth-order valence-electron chi connectivity index (χ4n) is 2.04. The number of methoxy groups -OCH3 is 1. The van der Waals surface area contributed by atoms with Crippen LogP contribution in [0.1, 0.15) is 27.2 Å². The fourth-order valence-corrected chi connectivity index (χ4v) is 2.04. The smallest absolute Gasteiger partial charge is 0.257 e. The van der Waals surface area contributed by atoms with Crippen LogP contribution >= 0.6 is 0 Å². The number of benzene rings is 1. The van der Waals surface area contributed by atoms with E-state index in [9.17, 15) is 4.79 Å². The van der Waals surface area contributed by atoms with E-state index in [0.29, 0.717) is 17.1 Å². The average Bonchev–Trinajstić information content (AvgIpc) is 2.38. The van der Waals surface area contributed by atoms with Crippen LogP contribution in [-0.2, 0) is 0 Å². The van der Waals surface area contributed by atoms with Crippen LogP contribution in [0, 0.1) is 20.8 Å². The van der Waals surface area contributed by atoms with Gasteiger partial charge in [0.25, 0.3) is 5.91 Å². The van der Waals surface area contributed by atoms with Crippen molar-refractivity contribution in [1.29, 1.82) is 0 Å². The number of nitrogens with one attached hydrogen (secondary N) is 1. The van der Waals surface area contributed by atoms with Crippen LogP contribution in [0.4, 0.5) is 5.82 Å². The quantitative estimate of drug-likeness (QED) is 0.931. The molecular formula is C16H18N2O2. The number of amides is 1. The maximum absolute atomic E-state index is 12.3. The van der Waals surface area contributed by atoms with Crippen LogP contribution in [-0.4, -0.2) is 18.0 Å². The molecule has 2 aromatic rings. The van der Waals surface area contributed by atoms with E-state index in [2.05, 4.69) is 10.3 Å². The molecule has 0 aliphatic heterocycles. The molecule has 0 atom stereocenters. The van der Waals surface area contributed by atoms with Gasteiger partial charge in [0, 0.05) is 11.3 Å². The number of ether oxygens (including phenoxy) is 1. The molecule has 0 fully saturated rings. The van der Waals surface area contributed by atoms with Gasteiger partial charge in [-0.05, 0) is 44.5 Å². The highest BCUT2D eigenvalue weighted by Crippen LogP contribution is 2.23. The van der Waals surface area contributed by atoms with Crippen molar-refractivity contribution in [2.45, 2.75) is 20.8 Å². The van der Waals surface area contributed by atoms with Crippen molar-refractivity contribution in [2.75, 3.05) is 12.4 Å². The number of aryl methyl sites for hydroxylation is 3. The maximum Gasteiger partial charge on any atom is 0.257 e. The molecule has 1 aromatic carbocycles. The van der Waals surface area contributed by atoms with Crippen molar-refractivity contribution in [1.82, 2.24) is 4.98 Å². The Bertz CT molecular complexity index is 651. The number of anilines is 1. The van der Waals surface area contributed by atoms with E-state index < -0.39 is 0 Å². The van der Waals surface area contributed by atoms with Crippen molar-refractivity contribution in [3.63, 3.8) is 0 Å². The third-order valence-electron chi connectivity index (χ3n) is 3.08. The van der Waals surface area contributed by atoms with E-state index in [-0.39, 0.29) is 5.91 Å².